The first kappa shape index (κ1) is 13.5. The number of benzene rings is 1. The molecule has 0 fully saturated rings. The molecule has 0 aliphatic heterocycles. The number of nitrogens with zero attached hydrogens (tertiary/aromatic N) is 1. The molecule has 0 spiro atoms. The van der Waals surface area contributed by atoms with Crippen LogP contribution in [0.1, 0.15) is 21.5 Å². The highest BCUT2D eigenvalue weighted by atomic mass is 79.9. The van der Waals surface area contributed by atoms with E-state index in [1.807, 2.05) is 19.9 Å². The van der Waals surface area contributed by atoms with E-state index >= 15 is 0 Å². The SMILES string of the molecule is Cc1cnc(Oc2cc(C(=O)O)ccc2C)c(Br)c1. The smallest absolute Gasteiger partial charge is 0.335 e. The number of aryl methyl sites for hydroxylation is 2. The Morgan fingerprint density at radius 2 is 2.05 bits per heavy atom. The second-order valence-corrected chi connectivity index (χ2v) is 5.04. The van der Waals surface area contributed by atoms with Crippen LogP contribution >= 0.6 is 15.9 Å². The molecule has 19 heavy (non-hydrogen) atoms. The summed E-state index contributed by atoms with van der Waals surface area (Å²) in [6.07, 6.45) is 1.69. The van der Waals surface area contributed by atoms with E-state index < -0.39 is 5.97 Å². The lowest BCUT2D eigenvalue weighted by Crippen LogP contribution is -1.98. The highest BCUT2D eigenvalue weighted by Gasteiger charge is 2.10. The Hall–Kier alpha value is -1.88. The van der Waals surface area contributed by atoms with Crippen LogP contribution in [0.4, 0.5) is 0 Å². The molecule has 0 saturated carbocycles. The Morgan fingerprint density at radius 1 is 1.32 bits per heavy atom. The zero-order valence-corrected chi connectivity index (χ0v) is 12.1. The summed E-state index contributed by atoms with van der Waals surface area (Å²) in [4.78, 5) is 15.1. The molecule has 4 nitrogen and oxygen atoms in total. The van der Waals surface area contributed by atoms with E-state index in [0.717, 1.165) is 15.6 Å². The molecule has 0 atom stereocenters. The molecule has 1 aromatic heterocycles. The molecule has 0 aliphatic carbocycles. The fourth-order valence-corrected chi connectivity index (χ4v) is 2.09. The van der Waals surface area contributed by atoms with E-state index in [1.165, 1.54) is 6.07 Å². The van der Waals surface area contributed by atoms with Crippen LogP contribution in [0.15, 0.2) is 34.9 Å². The Bertz CT molecular complexity index is 641. The van der Waals surface area contributed by atoms with Crippen LogP contribution in [-0.2, 0) is 0 Å². The summed E-state index contributed by atoms with van der Waals surface area (Å²) in [6, 6.07) is 6.63. The lowest BCUT2D eigenvalue weighted by molar-refractivity contribution is 0.0696. The molecule has 1 aromatic carbocycles. The summed E-state index contributed by atoms with van der Waals surface area (Å²) in [7, 11) is 0. The fraction of sp³-hybridized carbons (Fsp3) is 0.143. The molecule has 98 valence electrons. The third kappa shape index (κ3) is 3.12. The number of hydrogen-bond acceptors (Lipinski definition) is 3. The van der Waals surface area contributed by atoms with E-state index in [1.54, 1.807) is 18.3 Å². The van der Waals surface area contributed by atoms with Crippen molar-refractivity contribution < 1.29 is 14.6 Å². The molecule has 0 saturated heterocycles. The van der Waals surface area contributed by atoms with Gasteiger partial charge in [-0.2, -0.15) is 0 Å². The summed E-state index contributed by atoms with van der Waals surface area (Å²) in [6.45, 7) is 3.78. The van der Waals surface area contributed by atoms with Gasteiger partial charge in [-0.3, -0.25) is 0 Å². The van der Waals surface area contributed by atoms with Gasteiger partial charge in [-0.05, 0) is 59.1 Å². The van der Waals surface area contributed by atoms with Gasteiger partial charge in [-0.25, -0.2) is 9.78 Å². The number of carboxylic acid groups (broad SMARTS) is 1. The van der Waals surface area contributed by atoms with E-state index in [4.69, 9.17) is 9.84 Å². The molecule has 0 aliphatic rings. The molecule has 0 radical (unpaired) electrons. The van der Waals surface area contributed by atoms with Gasteiger partial charge in [0, 0.05) is 6.20 Å². The summed E-state index contributed by atoms with van der Waals surface area (Å²) in [5.74, 6) is -0.0889. The van der Waals surface area contributed by atoms with Gasteiger partial charge in [-0.1, -0.05) is 6.07 Å². The number of halogens is 1. The average molecular weight is 322 g/mol. The third-order valence-electron chi connectivity index (χ3n) is 2.59. The van der Waals surface area contributed by atoms with Gasteiger partial charge in [0.15, 0.2) is 0 Å². The van der Waals surface area contributed by atoms with E-state index in [0.29, 0.717) is 11.6 Å². The molecular formula is C14H12BrNO3. The van der Waals surface area contributed by atoms with Crippen molar-refractivity contribution in [2.75, 3.05) is 0 Å². The number of aromatic carboxylic acids is 1. The maximum Gasteiger partial charge on any atom is 0.335 e. The molecule has 1 N–H and O–H groups in total. The van der Waals surface area contributed by atoms with Gasteiger partial charge >= 0.3 is 5.97 Å². The van der Waals surface area contributed by atoms with Crippen molar-refractivity contribution in [1.29, 1.82) is 0 Å². The quantitative estimate of drug-likeness (QED) is 0.929. The van der Waals surface area contributed by atoms with E-state index in [2.05, 4.69) is 20.9 Å². The highest BCUT2D eigenvalue weighted by molar-refractivity contribution is 9.10. The third-order valence-corrected chi connectivity index (χ3v) is 3.15. The second-order valence-electron chi connectivity index (χ2n) is 4.19. The van der Waals surface area contributed by atoms with Crippen LogP contribution in [-0.4, -0.2) is 16.1 Å². The molecule has 0 unspecified atom stereocenters. The maximum atomic E-state index is 10.9. The van der Waals surface area contributed by atoms with Crippen molar-refractivity contribution in [3.05, 3.63) is 51.6 Å². The van der Waals surface area contributed by atoms with Crippen molar-refractivity contribution in [1.82, 2.24) is 4.98 Å². The number of rotatable bonds is 3. The largest absolute Gasteiger partial charge is 0.478 e. The molecule has 2 aromatic rings. The first-order chi connectivity index (χ1) is 8.97. The van der Waals surface area contributed by atoms with Gasteiger partial charge in [0.1, 0.15) is 5.75 Å². The molecule has 2 rings (SSSR count). The monoisotopic (exact) mass is 321 g/mol. The van der Waals surface area contributed by atoms with Crippen LogP contribution in [0, 0.1) is 13.8 Å². The number of pyridine rings is 1. The first-order valence-corrected chi connectivity index (χ1v) is 6.40. The molecule has 0 amide bonds. The van der Waals surface area contributed by atoms with Crippen molar-refractivity contribution in [3.8, 4) is 11.6 Å². The minimum Gasteiger partial charge on any atom is -0.478 e. The van der Waals surface area contributed by atoms with Crippen LogP contribution in [0.25, 0.3) is 0 Å². The topological polar surface area (TPSA) is 59.4 Å². The van der Waals surface area contributed by atoms with Crippen LogP contribution in [0.3, 0.4) is 0 Å². The Kier molecular flexibility index (Phi) is 3.85. The predicted octanol–water partition coefficient (Wildman–Crippen LogP) is 3.95. The molecule has 1 heterocycles. The highest BCUT2D eigenvalue weighted by Crippen LogP contribution is 2.30. The minimum atomic E-state index is -0.985. The Morgan fingerprint density at radius 3 is 2.68 bits per heavy atom. The number of carbonyl (C=O) groups is 1. The summed E-state index contributed by atoms with van der Waals surface area (Å²) < 4.78 is 6.39. The minimum absolute atomic E-state index is 0.184. The average Bonchev–Trinajstić information content (AvgIpc) is 2.34. The fourth-order valence-electron chi connectivity index (χ4n) is 1.54. The number of hydrogen-bond donors (Lipinski definition) is 1. The van der Waals surface area contributed by atoms with Gasteiger partial charge in [0.25, 0.3) is 0 Å². The van der Waals surface area contributed by atoms with Crippen LogP contribution in [0.2, 0.25) is 0 Å². The van der Waals surface area contributed by atoms with E-state index in [9.17, 15) is 4.79 Å². The maximum absolute atomic E-state index is 10.9. The summed E-state index contributed by atoms with van der Waals surface area (Å²) in [5.41, 5.74) is 2.04. The zero-order chi connectivity index (χ0) is 14.0. The van der Waals surface area contributed by atoms with Crippen LogP contribution < -0.4 is 4.74 Å². The second kappa shape index (κ2) is 5.40. The Labute approximate surface area is 119 Å². The standard InChI is InChI=1S/C14H12BrNO3/c1-8-5-11(15)13(16-7-8)19-12-6-10(14(17)18)4-3-9(12)2/h3-7H,1-2H3,(H,17,18). The van der Waals surface area contributed by atoms with Crippen molar-refractivity contribution in [2.24, 2.45) is 0 Å². The van der Waals surface area contributed by atoms with Gasteiger partial charge in [0.2, 0.25) is 5.88 Å². The first-order valence-electron chi connectivity index (χ1n) is 5.61. The molecule has 0 bridgehead atoms. The van der Waals surface area contributed by atoms with Crippen LogP contribution in [0.5, 0.6) is 11.6 Å². The number of aromatic nitrogens is 1. The lowest BCUT2D eigenvalue weighted by Gasteiger charge is -2.10. The van der Waals surface area contributed by atoms with Gasteiger partial charge in [0.05, 0.1) is 10.0 Å². The van der Waals surface area contributed by atoms with E-state index in [-0.39, 0.29) is 5.56 Å². The van der Waals surface area contributed by atoms with Crippen molar-refractivity contribution >= 4 is 21.9 Å². The predicted molar refractivity (Wildman–Crippen MR) is 74.9 cm³/mol. The molecule has 5 heteroatoms. The normalized spacial score (nSPS) is 10.3. The number of carboxylic acids is 1. The van der Waals surface area contributed by atoms with Gasteiger partial charge in [-0.15, -0.1) is 0 Å². The van der Waals surface area contributed by atoms with Gasteiger partial charge < -0.3 is 9.84 Å². The zero-order valence-electron chi connectivity index (χ0n) is 10.5. The van der Waals surface area contributed by atoms with Crippen molar-refractivity contribution in [3.63, 3.8) is 0 Å². The number of ether oxygens (including phenoxy) is 1. The summed E-state index contributed by atoms with van der Waals surface area (Å²) >= 11 is 3.37. The Balaban J connectivity index is 2.37. The summed E-state index contributed by atoms with van der Waals surface area (Å²) in [5, 5.41) is 8.98. The molecular weight excluding hydrogens is 310 g/mol. The lowest BCUT2D eigenvalue weighted by atomic mass is 10.1. The van der Waals surface area contributed by atoms with Crippen molar-refractivity contribution in [2.45, 2.75) is 13.8 Å².